The molecule has 8 heteroatoms. The highest BCUT2D eigenvalue weighted by atomic mass is 32.2. The number of sulfone groups is 1. The normalized spacial score (nSPS) is 12.6. The first-order valence-corrected chi connectivity index (χ1v) is 14.5. The Morgan fingerprint density at radius 2 is 1.67 bits per heavy atom. The van der Waals surface area contributed by atoms with Crippen molar-refractivity contribution in [3.05, 3.63) is 42.1 Å². The molecule has 1 aromatic carbocycles. The van der Waals surface area contributed by atoms with Crippen molar-refractivity contribution in [2.75, 3.05) is 19.0 Å². The summed E-state index contributed by atoms with van der Waals surface area (Å²) in [4.78, 5) is 15.8. The Bertz CT molecular complexity index is 980. The Labute approximate surface area is 180 Å². The summed E-state index contributed by atoms with van der Waals surface area (Å²) in [5.74, 6) is 0.555. The van der Waals surface area contributed by atoms with E-state index in [9.17, 15) is 13.2 Å². The maximum atomic E-state index is 12.0. The van der Waals surface area contributed by atoms with Gasteiger partial charge in [0.05, 0.1) is 17.3 Å². The topological polar surface area (TPSA) is 82.6 Å². The summed E-state index contributed by atoms with van der Waals surface area (Å²) < 4.78 is 36.2. The van der Waals surface area contributed by atoms with E-state index in [0.29, 0.717) is 36.5 Å². The van der Waals surface area contributed by atoms with Crippen molar-refractivity contribution in [2.45, 2.75) is 50.7 Å². The summed E-state index contributed by atoms with van der Waals surface area (Å²) in [6, 6.07) is 9.75. The molecule has 0 amide bonds. The van der Waals surface area contributed by atoms with Gasteiger partial charge >= 0.3 is 0 Å². The van der Waals surface area contributed by atoms with Crippen molar-refractivity contribution in [3.63, 3.8) is 0 Å². The van der Waals surface area contributed by atoms with Crippen LogP contribution in [0.4, 0.5) is 0 Å². The second kappa shape index (κ2) is 9.41. The van der Waals surface area contributed by atoms with E-state index >= 15 is 0 Å². The van der Waals surface area contributed by atoms with E-state index in [0.717, 1.165) is 0 Å². The second-order valence-corrected chi connectivity index (χ2v) is 15.7. The highest BCUT2D eigenvalue weighted by Gasteiger charge is 2.36. The molecule has 0 aliphatic rings. The van der Waals surface area contributed by atoms with Crippen LogP contribution in [-0.2, 0) is 14.3 Å². The van der Waals surface area contributed by atoms with E-state index in [2.05, 4.69) is 38.8 Å². The van der Waals surface area contributed by atoms with E-state index in [-0.39, 0.29) is 21.4 Å². The van der Waals surface area contributed by atoms with Crippen LogP contribution in [0.25, 0.3) is 11.3 Å². The van der Waals surface area contributed by atoms with Crippen LogP contribution in [0.5, 0.6) is 5.75 Å². The van der Waals surface area contributed by atoms with Crippen molar-refractivity contribution in [3.8, 4) is 17.0 Å². The molecule has 0 radical (unpaired) electrons. The summed E-state index contributed by atoms with van der Waals surface area (Å²) >= 11 is 0. The summed E-state index contributed by atoms with van der Waals surface area (Å²) in [5, 5.41) is 0.117. The van der Waals surface area contributed by atoms with Crippen LogP contribution in [0, 0.1) is 0 Å². The molecule has 0 atom stereocenters. The van der Waals surface area contributed by atoms with Crippen LogP contribution < -0.4 is 4.74 Å². The highest BCUT2D eigenvalue weighted by Crippen LogP contribution is 2.36. The Hall–Kier alpha value is -2.03. The number of hydrogen-bond donors (Lipinski definition) is 0. The van der Waals surface area contributed by atoms with E-state index in [1.165, 1.54) is 0 Å². The van der Waals surface area contributed by atoms with Gasteiger partial charge in [-0.15, -0.1) is 0 Å². The van der Waals surface area contributed by atoms with Crippen LogP contribution in [0.3, 0.4) is 0 Å². The number of aromatic nitrogens is 1. The number of nitrogens with zero attached hydrogens (tertiary/aromatic N) is 1. The third-order valence-corrected chi connectivity index (χ3v) is 11.8. The van der Waals surface area contributed by atoms with E-state index in [1.807, 2.05) is 0 Å². The molecule has 30 heavy (non-hydrogen) atoms. The number of carbonyl (C=O) groups is 1. The number of aldehydes is 1. The van der Waals surface area contributed by atoms with Crippen molar-refractivity contribution in [1.29, 1.82) is 0 Å². The van der Waals surface area contributed by atoms with Crippen molar-refractivity contribution >= 4 is 24.4 Å². The maximum Gasteiger partial charge on any atom is 0.192 e. The molecule has 1 heterocycles. The van der Waals surface area contributed by atoms with Gasteiger partial charge in [0.15, 0.2) is 24.4 Å². The van der Waals surface area contributed by atoms with Crippen LogP contribution in [0.15, 0.2) is 41.3 Å². The standard InChI is InChI=1S/C22H31NO5SSi/c1-7-29(25,26)19-11-8-17(9-12-19)21-20(13-10-18(16-24)23-21)27-14-15-28-30(5,6)22(2,3)4/h8-13,16H,7,14-15H2,1-6H3. The molecule has 0 fully saturated rings. The Balaban J connectivity index is 2.21. The number of benzene rings is 1. The molecule has 0 bridgehead atoms. The minimum absolute atomic E-state index is 0.0355. The molecular formula is C22H31NO5SSi. The molecule has 0 aliphatic carbocycles. The zero-order chi connectivity index (χ0) is 22.6. The Kier molecular flexibility index (Phi) is 7.60. The van der Waals surface area contributed by atoms with Gasteiger partial charge in [0.25, 0.3) is 0 Å². The summed E-state index contributed by atoms with van der Waals surface area (Å²) in [6.07, 6.45) is 0.670. The molecule has 0 aliphatic heterocycles. The molecule has 0 saturated heterocycles. The number of rotatable bonds is 9. The number of carbonyl (C=O) groups excluding carboxylic acids is 1. The quantitative estimate of drug-likeness (QED) is 0.312. The zero-order valence-corrected chi connectivity index (χ0v) is 20.4. The summed E-state index contributed by atoms with van der Waals surface area (Å²) in [7, 11) is -5.15. The van der Waals surface area contributed by atoms with E-state index < -0.39 is 18.2 Å². The van der Waals surface area contributed by atoms with Crippen LogP contribution in [0.2, 0.25) is 18.1 Å². The molecule has 6 nitrogen and oxygen atoms in total. The van der Waals surface area contributed by atoms with Gasteiger partial charge in [-0.2, -0.15) is 0 Å². The number of pyridine rings is 1. The summed E-state index contributed by atoms with van der Waals surface area (Å²) in [5.41, 5.74) is 1.45. The maximum absolute atomic E-state index is 12.0. The van der Waals surface area contributed by atoms with E-state index in [1.54, 1.807) is 43.3 Å². The number of ether oxygens (including phenoxy) is 1. The smallest absolute Gasteiger partial charge is 0.192 e. The monoisotopic (exact) mass is 449 g/mol. The lowest BCUT2D eigenvalue weighted by Crippen LogP contribution is -2.41. The van der Waals surface area contributed by atoms with Crippen molar-refractivity contribution in [2.24, 2.45) is 0 Å². The van der Waals surface area contributed by atoms with Gasteiger partial charge in [-0.1, -0.05) is 39.8 Å². The van der Waals surface area contributed by atoms with Gasteiger partial charge in [-0.25, -0.2) is 13.4 Å². The first-order valence-electron chi connectivity index (χ1n) is 9.97. The first kappa shape index (κ1) is 24.2. The zero-order valence-electron chi connectivity index (χ0n) is 18.6. The van der Waals surface area contributed by atoms with Crippen molar-refractivity contribution in [1.82, 2.24) is 4.98 Å². The molecule has 164 valence electrons. The molecule has 0 spiro atoms. The molecule has 0 unspecified atom stereocenters. The van der Waals surface area contributed by atoms with Gasteiger partial charge in [0.1, 0.15) is 23.7 Å². The van der Waals surface area contributed by atoms with Gasteiger partial charge in [-0.3, -0.25) is 4.79 Å². The largest absolute Gasteiger partial charge is 0.489 e. The molecule has 0 N–H and O–H groups in total. The van der Waals surface area contributed by atoms with Gasteiger partial charge < -0.3 is 9.16 Å². The predicted molar refractivity (Wildman–Crippen MR) is 121 cm³/mol. The third-order valence-electron chi connectivity index (χ3n) is 5.48. The average molecular weight is 450 g/mol. The summed E-state index contributed by atoms with van der Waals surface area (Å²) in [6.45, 7) is 13.3. The average Bonchev–Trinajstić information content (AvgIpc) is 2.70. The first-order chi connectivity index (χ1) is 13.9. The van der Waals surface area contributed by atoms with Crippen LogP contribution >= 0.6 is 0 Å². The minimum Gasteiger partial charge on any atom is -0.489 e. The van der Waals surface area contributed by atoms with Crippen molar-refractivity contribution < 1.29 is 22.4 Å². The lowest BCUT2D eigenvalue weighted by molar-refractivity contribution is 0.111. The molecule has 1 aromatic heterocycles. The fourth-order valence-electron chi connectivity index (χ4n) is 2.50. The fourth-order valence-corrected chi connectivity index (χ4v) is 4.41. The molecular weight excluding hydrogens is 418 g/mol. The predicted octanol–water partition coefficient (Wildman–Crippen LogP) is 4.76. The lowest BCUT2D eigenvalue weighted by atomic mass is 10.1. The fraction of sp³-hybridized carbons (Fsp3) is 0.455. The SMILES string of the molecule is CCS(=O)(=O)c1ccc(-c2nc(C=O)ccc2OCCO[Si](C)(C)C(C)(C)C)cc1. The highest BCUT2D eigenvalue weighted by molar-refractivity contribution is 7.91. The van der Waals surface area contributed by atoms with Crippen LogP contribution in [-0.4, -0.2) is 47.0 Å². The van der Waals surface area contributed by atoms with Gasteiger partial charge in [-0.05, 0) is 42.4 Å². The Morgan fingerprint density at radius 3 is 2.20 bits per heavy atom. The molecule has 2 aromatic rings. The van der Waals surface area contributed by atoms with Crippen LogP contribution in [0.1, 0.15) is 38.2 Å². The number of hydrogen-bond acceptors (Lipinski definition) is 6. The Morgan fingerprint density at radius 1 is 1.03 bits per heavy atom. The molecule has 0 saturated carbocycles. The van der Waals surface area contributed by atoms with Gasteiger partial charge in [0, 0.05) is 5.56 Å². The van der Waals surface area contributed by atoms with Gasteiger partial charge in [0.2, 0.25) is 0 Å². The third kappa shape index (κ3) is 5.77. The second-order valence-electron chi connectivity index (χ2n) is 8.59. The lowest BCUT2D eigenvalue weighted by Gasteiger charge is -2.36. The minimum atomic E-state index is -3.28. The van der Waals surface area contributed by atoms with E-state index in [4.69, 9.17) is 9.16 Å². The molecule has 2 rings (SSSR count).